The zero-order valence-electron chi connectivity index (χ0n) is 16.8. The Kier molecular flexibility index (Phi) is 6.92. The van der Waals surface area contributed by atoms with Crippen molar-refractivity contribution in [2.75, 3.05) is 33.1 Å². The third-order valence-corrected chi connectivity index (χ3v) is 5.54. The van der Waals surface area contributed by atoms with Crippen molar-refractivity contribution in [3.63, 3.8) is 0 Å². The normalized spacial score (nSPS) is 10.8. The molecule has 0 saturated heterocycles. The summed E-state index contributed by atoms with van der Waals surface area (Å²) in [5.41, 5.74) is 2.62. The number of esters is 2. The van der Waals surface area contributed by atoms with Crippen molar-refractivity contribution in [2.45, 2.75) is 20.4 Å². The first-order valence-electron chi connectivity index (χ1n) is 8.45. The standard InChI is InChI=1S/C18H24N4O5S/c1-10-14(17(24)26-5)16(28-15(10)18(25)27-6)20-13(23)9-21(3)8-12-7-19-22(4)11(12)2/h7H,8-9H2,1-6H3,(H,20,23). The molecule has 0 bridgehead atoms. The molecule has 0 atom stereocenters. The van der Waals surface area contributed by atoms with E-state index in [4.69, 9.17) is 9.47 Å². The molecule has 0 aliphatic rings. The number of nitrogens with one attached hydrogen (secondary N) is 1. The van der Waals surface area contributed by atoms with Crippen molar-refractivity contribution in [3.8, 4) is 0 Å². The summed E-state index contributed by atoms with van der Waals surface area (Å²) in [6.07, 6.45) is 1.77. The summed E-state index contributed by atoms with van der Waals surface area (Å²) in [6.45, 7) is 4.22. The quantitative estimate of drug-likeness (QED) is 0.696. The van der Waals surface area contributed by atoms with Crippen LogP contribution in [0.4, 0.5) is 5.00 Å². The molecule has 0 spiro atoms. The van der Waals surface area contributed by atoms with Crippen LogP contribution in [0.3, 0.4) is 0 Å². The van der Waals surface area contributed by atoms with Crippen molar-refractivity contribution in [1.29, 1.82) is 0 Å². The molecule has 0 aromatic carbocycles. The Morgan fingerprint density at radius 3 is 2.39 bits per heavy atom. The smallest absolute Gasteiger partial charge is 0.348 e. The van der Waals surface area contributed by atoms with Crippen LogP contribution in [0.15, 0.2) is 6.20 Å². The van der Waals surface area contributed by atoms with Gasteiger partial charge in [-0.1, -0.05) is 0 Å². The highest BCUT2D eigenvalue weighted by molar-refractivity contribution is 7.18. The molecular formula is C18H24N4O5S. The second kappa shape index (κ2) is 8.98. The molecule has 0 aliphatic heterocycles. The van der Waals surface area contributed by atoms with E-state index in [0.717, 1.165) is 22.6 Å². The number of anilines is 1. The van der Waals surface area contributed by atoms with Gasteiger partial charge in [-0.05, 0) is 26.5 Å². The van der Waals surface area contributed by atoms with Crippen LogP contribution in [-0.2, 0) is 27.9 Å². The first-order chi connectivity index (χ1) is 13.2. The summed E-state index contributed by atoms with van der Waals surface area (Å²) < 4.78 is 11.3. The summed E-state index contributed by atoms with van der Waals surface area (Å²) in [6, 6.07) is 0. The Labute approximate surface area is 167 Å². The van der Waals surface area contributed by atoms with E-state index in [1.807, 2.05) is 25.9 Å². The van der Waals surface area contributed by atoms with Gasteiger partial charge in [0.25, 0.3) is 0 Å². The highest BCUT2D eigenvalue weighted by Crippen LogP contribution is 2.34. The van der Waals surface area contributed by atoms with E-state index in [0.29, 0.717) is 12.1 Å². The Morgan fingerprint density at radius 2 is 1.86 bits per heavy atom. The summed E-state index contributed by atoms with van der Waals surface area (Å²) in [5, 5.41) is 7.16. The first-order valence-corrected chi connectivity index (χ1v) is 9.27. The topological polar surface area (TPSA) is 103 Å². The molecule has 28 heavy (non-hydrogen) atoms. The number of methoxy groups -OCH3 is 2. The van der Waals surface area contributed by atoms with Gasteiger partial charge >= 0.3 is 11.9 Å². The van der Waals surface area contributed by atoms with E-state index in [1.54, 1.807) is 17.8 Å². The number of hydrogen-bond donors (Lipinski definition) is 1. The molecule has 0 radical (unpaired) electrons. The maximum atomic E-state index is 12.5. The van der Waals surface area contributed by atoms with Gasteiger partial charge in [-0.3, -0.25) is 14.4 Å². The fourth-order valence-electron chi connectivity index (χ4n) is 2.69. The van der Waals surface area contributed by atoms with Gasteiger partial charge < -0.3 is 14.8 Å². The summed E-state index contributed by atoms with van der Waals surface area (Å²) >= 11 is 0.989. The molecule has 0 saturated carbocycles. The van der Waals surface area contributed by atoms with Crippen molar-refractivity contribution in [2.24, 2.45) is 7.05 Å². The second-order valence-corrected chi connectivity index (χ2v) is 7.36. The number of carbonyl (C=O) groups excluding carboxylic acids is 3. The third-order valence-electron chi connectivity index (χ3n) is 4.35. The van der Waals surface area contributed by atoms with Crippen LogP contribution in [0, 0.1) is 13.8 Å². The van der Waals surface area contributed by atoms with Crippen LogP contribution in [-0.4, -0.2) is 60.3 Å². The van der Waals surface area contributed by atoms with Crippen LogP contribution in [0.1, 0.15) is 36.9 Å². The largest absolute Gasteiger partial charge is 0.465 e. The van der Waals surface area contributed by atoms with Gasteiger partial charge in [-0.15, -0.1) is 11.3 Å². The fourth-order valence-corrected chi connectivity index (χ4v) is 3.82. The lowest BCUT2D eigenvalue weighted by molar-refractivity contribution is -0.117. The fraction of sp³-hybridized carbons (Fsp3) is 0.444. The van der Waals surface area contributed by atoms with Crippen LogP contribution in [0.2, 0.25) is 0 Å². The highest BCUT2D eigenvalue weighted by Gasteiger charge is 2.27. The van der Waals surface area contributed by atoms with Gasteiger partial charge in [0.1, 0.15) is 9.88 Å². The molecule has 0 unspecified atom stereocenters. The molecule has 2 rings (SSSR count). The Morgan fingerprint density at radius 1 is 1.21 bits per heavy atom. The number of hydrogen-bond acceptors (Lipinski definition) is 8. The molecule has 2 aromatic rings. The highest BCUT2D eigenvalue weighted by atomic mass is 32.1. The SMILES string of the molecule is COC(=O)c1sc(NC(=O)CN(C)Cc2cnn(C)c2C)c(C(=O)OC)c1C. The minimum absolute atomic E-state index is 0.0967. The number of likely N-dealkylation sites (N-methyl/N-ethyl adjacent to an activating group) is 1. The molecule has 1 amide bonds. The lowest BCUT2D eigenvalue weighted by atomic mass is 10.1. The van der Waals surface area contributed by atoms with Gasteiger partial charge in [-0.25, -0.2) is 9.59 Å². The van der Waals surface area contributed by atoms with Crippen molar-refractivity contribution in [1.82, 2.24) is 14.7 Å². The number of aromatic nitrogens is 2. The number of nitrogens with zero attached hydrogens (tertiary/aromatic N) is 3. The second-order valence-electron chi connectivity index (χ2n) is 6.34. The predicted molar refractivity (Wildman–Crippen MR) is 105 cm³/mol. The van der Waals surface area contributed by atoms with E-state index < -0.39 is 11.9 Å². The number of amides is 1. The molecule has 1 N–H and O–H groups in total. The first kappa shape index (κ1) is 21.6. The molecule has 9 nitrogen and oxygen atoms in total. The van der Waals surface area contributed by atoms with E-state index in [9.17, 15) is 14.4 Å². The van der Waals surface area contributed by atoms with Gasteiger partial charge in [0.05, 0.1) is 32.5 Å². The summed E-state index contributed by atoms with van der Waals surface area (Å²) in [7, 11) is 6.17. The lowest BCUT2D eigenvalue weighted by Crippen LogP contribution is -2.30. The van der Waals surface area contributed by atoms with Crippen molar-refractivity contribution in [3.05, 3.63) is 33.5 Å². The summed E-state index contributed by atoms with van der Waals surface area (Å²) in [4.78, 5) is 38.6. The monoisotopic (exact) mass is 408 g/mol. The van der Waals surface area contributed by atoms with Crippen LogP contribution in [0.25, 0.3) is 0 Å². The number of aryl methyl sites for hydroxylation is 1. The molecule has 2 heterocycles. The molecule has 0 aliphatic carbocycles. The van der Waals surface area contributed by atoms with E-state index in [1.165, 1.54) is 14.2 Å². The Bertz CT molecular complexity index is 902. The summed E-state index contributed by atoms with van der Waals surface area (Å²) in [5.74, 6) is -1.51. The van der Waals surface area contributed by atoms with Crippen molar-refractivity contribution >= 4 is 34.2 Å². The molecule has 10 heteroatoms. The van der Waals surface area contributed by atoms with Gasteiger partial charge in [0, 0.05) is 24.8 Å². The molecular weight excluding hydrogens is 384 g/mol. The van der Waals surface area contributed by atoms with Gasteiger partial charge in [-0.2, -0.15) is 5.10 Å². The van der Waals surface area contributed by atoms with E-state index in [2.05, 4.69) is 10.4 Å². The number of ether oxygens (including phenoxy) is 2. The average Bonchev–Trinajstić information content (AvgIpc) is 3.14. The van der Waals surface area contributed by atoms with Crippen LogP contribution in [0.5, 0.6) is 0 Å². The van der Waals surface area contributed by atoms with Gasteiger partial charge in [0.2, 0.25) is 5.91 Å². The van der Waals surface area contributed by atoms with Gasteiger partial charge in [0.15, 0.2) is 0 Å². The Hall–Kier alpha value is -2.72. The zero-order valence-corrected chi connectivity index (χ0v) is 17.6. The maximum Gasteiger partial charge on any atom is 0.348 e. The van der Waals surface area contributed by atoms with Crippen LogP contribution < -0.4 is 5.32 Å². The average molecular weight is 408 g/mol. The number of carbonyl (C=O) groups is 3. The minimum Gasteiger partial charge on any atom is -0.465 e. The number of rotatable bonds is 7. The maximum absolute atomic E-state index is 12.5. The molecule has 2 aromatic heterocycles. The van der Waals surface area contributed by atoms with Crippen molar-refractivity contribution < 1.29 is 23.9 Å². The number of thiophene rings is 1. The molecule has 0 fully saturated rings. The Balaban J connectivity index is 2.15. The van der Waals surface area contributed by atoms with Crippen LogP contribution >= 0.6 is 11.3 Å². The lowest BCUT2D eigenvalue weighted by Gasteiger charge is -2.16. The predicted octanol–water partition coefficient (Wildman–Crippen LogP) is 1.74. The minimum atomic E-state index is -0.626. The zero-order chi connectivity index (χ0) is 21.0. The molecule has 152 valence electrons. The third kappa shape index (κ3) is 4.57. The van der Waals surface area contributed by atoms with E-state index in [-0.39, 0.29) is 27.9 Å². The van der Waals surface area contributed by atoms with E-state index >= 15 is 0 Å².